The van der Waals surface area contributed by atoms with E-state index in [-0.39, 0.29) is 10.8 Å². The summed E-state index contributed by atoms with van der Waals surface area (Å²) in [5, 5.41) is 0. The van der Waals surface area contributed by atoms with Gasteiger partial charge in [0.2, 0.25) is 10.0 Å². The summed E-state index contributed by atoms with van der Waals surface area (Å²) < 4.78 is 40.2. The first kappa shape index (κ1) is 15.7. The van der Waals surface area contributed by atoms with Crippen LogP contribution in [0.25, 0.3) is 0 Å². The standard InChI is InChI=1S/C13H18ClFN2O2S/c1-2-16-5-7-17(8-6-16)20(18,19)13-9-11(10-14)3-4-12(13)15/h3-4,9H,2,5-8,10H2,1H3. The maximum Gasteiger partial charge on any atom is 0.246 e. The molecule has 20 heavy (non-hydrogen) atoms. The number of nitrogens with zero attached hydrogens (tertiary/aromatic N) is 2. The number of benzene rings is 1. The highest BCUT2D eigenvalue weighted by Crippen LogP contribution is 2.22. The average molecular weight is 321 g/mol. The molecule has 112 valence electrons. The van der Waals surface area contributed by atoms with Gasteiger partial charge in [-0.05, 0) is 24.2 Å². The van der Waals surface area contributed by atoms with Crippen LogP contribution in [0.4, 0.5) is 4.39 Å². The van der Waals surface area contributed by atoms with E-state index in [0.29, 0.717) is 31.7 Å². The Kier molecular flexibility index (Phi) is 5.01. The third kappa shape index (κ3) is 3.14. The van der Waals surface area contributed by atoms with Crippen LogP contribution >= 0.6 is 11.6 Å². The van der Waals surface area contributed by atoms with E-state index in [9.17, 15) is 12.8 Å². The zero-order valence-electron chi connectivity index (χ0n) is 11.3. The fourth-order valence-corrected chi connectivity index (χ4v) is 3.96. The summed E-state index contributed by atoms with van der Waals surface area (Å²) in [5.74, 6) is -0.566. The van der Waals surface area contributed by atoms with Crippen LogP contribution < -0.4 is 0 Å². The summed E-state index contributed by atoms with van der Waals surface area (Å²) in [6.45, 7) is 5.05. The minimum atomic E-state index is -3.78. The molecule has 0 spiro atoms. The summed E-state index contributed by atoms with van der Waals surface area (Å²) in [4.78, 5) is 1.89. The Morgan fingerprint density at radius 1 is 1.25 bits per heavy atom. The average Bonchev–Trinajstić information content (AvgIpc) is 2.47. The zero-order chi connectivity index (χ0) is 14.8. The molecule has 0 radical (unpaired) electrons. The second kappa shape index (κ2) is 6.39. The second-order valence-electron chi connectivity index (χ2n) is 4.74. The van der Waals surface area contributed by atoms with Crippen molar-refractivity contribution in [1.82, 2.24) is 9.21 Å². The van der Waals surface area contributed by atoms with Gasteiger partial charge in [-0.25, -0.2) is 12.8 Å². The number of likely N-dealkylation sites (N-methyl/N-ethyl adjacent to an activating group) is 1. The van der Waals surface area contributed by atoms with Gasteiger partial charge in [0.05, 0.1) is 0 Å². The molecule has 4 nitrogen and oxygen atoms in total. The van der Waals surface area contributed by atoms with Gasteiger partial charge in [0.1, 0.15) is 10.7 Å². The highest BCUT2D eigenvalue weighted by atomic mass is 35.5. The fourth-order valence-electron chi connectivity index (χ4n) is 2.25. The summed E-state index contributed by atoms with van der Waals surface area (Å²) >= 11 is 5.69. The van der Waals surface area contributed by atoms with E-state index in [0.717, 1.165) is 12.6 Å². The lowest BCUT2D eigenvalue weighted by atomic mass is 10.2. The minimum Gasteiger partial charge on any atom is -0.301 e. The SMILES string of the molecule is CCN1CCN(S(=O)(=O)c2cc(CCl)ccc2F)CC1. The molecule has 1 fully saturated rings. The van der Waals surface area contributed by atoms with Crippen LogP contribution in [0.5, 0.6) is 0 Å². The van der Waals surface area contributed by atoms with Crippen molar-refractivity contribution < 1.29 is 12.8 Å². The molecule has 0 amide bonds. The molecule has 0 saturated carbocycles. The van der Waals surface area contributed by atoms with E-state index >= 15 is 0 Å². The highest BCUT2D eigenvalue weighted by molar-refractivity contribution is 7.89. The van der Waals surface area contributed by atoms with Gasteiger partial charge in [0.15, 0.2) is 0 Å². The number of alkyl halides is 1. The lowest BCUT2D eigenvalue weighted by molar-refractivity contribution is 0.196. The van der Waals surface area contributed by atoms with E-state index in [2.05, 4.69) is 4.90 Å². The molecule has 1 aliphatic rings. The lowest BCUT2D eigenvalue weighted by Crippen LogP contribution is -2.48. The van der Waals surface area contributed by atoms with Gasteiger partial charge in [-0.15, -0.1) is 11.6 Å². The summed E-state index contributed by atoms with van der Waals surface area (Å²) in [5.41, 5.74) is 0.596. The quantitative estimate of drug-likeness (QED) is 0.796. The van der Waals surface area contributed by atoms with E-state index in [1.165, 1.54) is 16.4 Å². The van der Waals surface area contributed by atoms with E-state index < -0.39 is 15.8 Å². The number of sulfonamides is 1. The van der Waals surface area contributed by atoms with Crippen molar-refractivity contribution in [3.63, 3.8) is 0 Å². The van der Waals surface area contributed by atoms with E-state index in [1.54, 1.807) is 0 Å². The number of hydrogen-bond donors (Lipinski definition) is 0. The molecular weight excluding hydrogens is 303 g/mol. The van der Waals surface area contributed by atoms with Crippen molar-refractivity contribution in [2.24, 2.45) is 0 Å². The van der Waals surface area contributed by atoms with E-state index in [1.807, 2.05) is 6.92 Å². The van der Waals surface area contributed by atoms with Gasteiger partial charge in [0.25, 0.3) is 0 Å². The Morgan fingerprint density at radius 2 is 1.90 bits per heavy atom. The molecule has 1 saturated heterocycles. The normalized spacial score (nSPS) is 18.4. The minimum absolute atomic E-state index is 0.159. The van der Waals surface area contributed by atoms with Crippen LogP contribution in [0.2, 0.25) is 0 Å². The summed E-state index contributed by atoms with van der Waals surface area (Å²) in [6, 6.07) is 3.98. The molecule has 0 N–H and O–H groups in total. The molecule has 1 aromatic carbocycles. The number of rotatable bonds is 4. The Morgan fingerprint density at radius 3 is 2.45 bits per heavy atom. The first-order valence-electron chi connectivity index (χ1n) is 6.56. The molecule has 0 aromatic heterocycles. The first-order valence-corrected chi connectivity index (χ1v) is 8.53. The summed E-state index contributed by atoms with van der Waals surface area (Å²) in [6.07, 6.45) is 0. The van der Waals surface area contributed by atoms with Gasteiger partial charge < -0.3 is 4.90 Å². The van der Waals surface area contributed by atoms with Crippen molar-refractivity contribution in [1.29, 1.82) is 0 Å². The molecule has 0 atom stereocenters. The predicted molar refractivity (Wildman–Crippen MR) is 76.8 cm³/mol. The Labute approximate surface area is 124 Å². The molecule has 0 aliphatic carbocycles. The monoisotopic (exact) mass is 320 g/mol. The Bertz CT molecular complexity index is 572. The third-order valence-electron chi connectivity index (χ3n) is 3.55. The Hall–Kier alpha value is -0.690. The van der Waals surface area contributed by atoms with Crippen molar-refractivity contribution >= 4 is 21.6 Å². The zero-order valence-corrected chi connectivity index (χ0v) is 12.9. The number of hydrogen-bond acceptors (Lipinski definition) is 3. The second-order valence-corrected chi connectivity index (χ2v) is 6.91. The van der Waals surface area contributed by atoms with Crippen molar-refractivity contribution in [3.05, 3.63) is 29.6 Å². The number of piperazine rings is 1. The molecular formula is C13H18ClFN2O2S. The van der Waals surface area contributed by atoms with Gasteiger partial charge in [-0.3, -0.25) is 0 Å². The van der Waals surface area contributed by atoms with Crippen molar-refractivity contribution in [3.8, 4) is 0 Å². The molecule has 0 unspecified atom stereocenters. The molecule has 1 heterocycles. The number of halogens is 2. The molecule has 0 bridgehead atoms. The molecule has 1 aromatic rings. The molecule has 7 heteroatoms. The highest BCUT2D eigenvalue weighted by Gasteiger charge is 2.30. The topological polar surface area (TPSA) is 40.6 Å². The third-order valence-corrected chi connectivity index (χ3v) is 5.77. The van der Waals surface area contributed by atoms with Crippen molar-refractivity contribution in [2.45, 2.75) is 17.7 Å². The van der Waals surface area contributed by atoms with Gasteiger partial charge >= 0.3 is 0 Å². The Balaban J connectivity index is 2.27. The summed E-state index contributed by atoms with van der Waals surface area (Å²) in [7, 11) is -3.78. The van der Waals surface area contributed by atoms with Crippen LogP contribution in [0, 0.1) is 5.82 Å². The van der Waals surface area contributed by atoms with Crippen molar-refractivity contribution in [2.75, 3.05) is 32.7 Å². The van der Waals surface area contributed by atoms with Crippen LogP contribution in [-0.2, 0) is 15.9 Å². The maximum absolute atomic E-state index is 13.8. The maximum atomic E-state index is 13.8. The molecule has 1 aliphatic heterocycles. The van der Waals surface area contributed by atoms with Crippen LogP contribution in [-0.4, -0.2) is 50.3 Å². The largest absolute Gasteiger partial charge is 0.301 e. The first-order chi connectivity index (χ1) is 9.48. The van der Waals surface area contributed by atoms with Gasteiger partial charge in [0, 0.05) is 32.1 Å². The lowest BCUT2D eigenvalue weighted by Gasteiger charge is -2.33. The predicted octanol–water partition coefficient (Wildman–Crippen LogP) is 1.89. The molecule has 2 rings (SSSR count). The van der Waals surface area contributed by atoms with Crippen LogP contribution in [0.1, 0.15) is 12.5 Å². The smallest absolute Gasteiger partial charge is 0.246 e. The van der Waals surface area contributed by atoms with E-state index in [4.69, 9.17) is 11.6 Å². The van der Waals surface area contributed by atoms with Crippen LogP contribution in [0.15, 0.2) is 23.1 Å². The van der Waals surface area contributed by atoms with Crippen LogP contribution in [0.3, 0.4) is 0 Å². The fraction of sp³-hybridized carbons (Fsp3) is 0.538. The van der Waals surface area contributed by atoms with Gasteiger partial charge in [-0.1, -0.05) is 13.0 Å². The van der Waals surface area contributed by atoms with Gasteiger partial charge in [-0.2, -0.15) is 4.31 Å².